The lowest BCUT2D eigenvalue weighted by atomic mass is 10.0. The smallest absolute Gasteiger partial charge is 0.306 e. The lowest BCUT2D eigenvalue weighted by molar-refractivity contribution is -0.150. The molecule has 0 aliphatic rings. The Morgan fingerprint density at radius 2 is 1.09 bits per heavy atom. The van der Waals surface area contributed by atoms with Crippen LogP contribution in [-0.2, 0) is 9.53 Å². The van der Waals surface area contributed by atoms with Gasteiger partial charge < -0.3 is 4.74 Å². The lowest BCUT2D eigenvalue weighted by Gasteiger charge is -2.16. The zero-order chi connectivity index (χ0) is 17.3. The Kier molecular flexibility index (Phi) is 16.0. The monoisotopic (exact) mass is 326 g/mol. The van der Waals surface area contributed by atoms with Gasteiger partial charge in [-0.05, 0) is 19.3 Å². The Labute approximate surface area is 145 Å². The number of carbonyl (C=O) groups excluding carboxylic acids is 1. The van der Waals surface area contributed by atoms with Gasteiger partial charge in [-0.25, -0.2) is 0 Å². The predicted octanol–water partition coefficient (Wildman–Crippen LogP) is 7.06. The van der Waals surface area contributed by atoms with Crippen LogP contribution in [-0.4, -0.2) is 12.1 Å². The molecule has 0 aromatic heterocycles. The first-order valence-electron chi connectivity index (χ1n) is 10.3. The first-order valence-corrected chi connectivity index (χ1v) is 10.3. The van der Waals surface area contributed by atoms with Crippen molar-refractivity contribution in [3.63, 3.8) is 0 Å². The Balaban J connectivity index is 3.20. The van der Waals surface area contributed by atoms with Crippen molar-refractivity contribution >= 4 is 5.97 Å². The van der Waals surface area contributed by atoms with E-state index < -0.39 is 0 Å². The van der Waals surface area contributed by atoms with E-state index in [9.17, 15) is 4.79 Å². The van der Waals surface area contributed by atoms with Crippen molar-refractivity contribution in [3.8, 4) is 0 Å². The van der Waals surface area contributed by atoms with E-state index in [-0.39, 0.29) is 12.1 Å². The number of rotatable bonds is 16. The molecule has 0 aliphatic carbocycles. The highest BCUT2D eigenvalue weighted by molar-refractivity contribution is 5.69. The highest BCUT2D eigenvalue weighted by Gasteiger charge is 2.12. The topological polar surface area (TPSA) is 26.3 Å². The molecule has 0 amide bonds. The molecule has 2 heteroatoms. The third-order valence-electron chi connectivity index (χ3n) is 4.74. The van der Waals surface area contributed by atoms with E-state index in [1.807, 2.05) is 6.92 Å². The molecule has 0 fully saturated rings. The normalized spacial score (nSPS) is 12.6. The largest absolute Gasteiger partial charge is 0.462 e. The molecule has 0 radical (unpaired) electrons. The molecule has 138 valence electrons. The van der Waals surface area contributed by atoms with Crippen LogP contribution in [0.3, 0.4) is 0 Å². The molecule has 1 atom stereocenters. The summed E-state index contributed by atoms with van der Waals surface area (Å²) >= 11 is 0. The second kappa shape index (κ2) is 16.3. The van der Waals surface area contributed by atoms with Crippen LogP contribution in [0.2, 0.25) is 0 Å². The Bertz CT molecular complexity index is 261. The number of esters is 1. The summed E-state index contributed by atoms with van der Waals surface area (Å²) in [5.74, 6) is 0.389. The van der Waals surface area contributed by atoms with Crippen LogP contribution in [0.1, 0.15) is 118 Å². The first-order chi connectivity index (χ1) is 11.1. The van der Waals surface area contributed by atoms with Crippen molar-refractivity contribution < 1.29 is 9.53 Å². The number of hydrogen-bond donors (Lipinski definition) is 0. The summed E-state index contributed by atoms with van der Waals surface area (Å²) in [6.45, 7) is 8.42. The van der Waals surface area contributed by atoms with E-state index in [1.165, 1.54) is 77.0 Å². The molecule has 23 heavy (non-hydrogen) atoms. The van der Waals surface area contributed by atoms with Gasteiger partial charge in [-0.2, -0.15) is 0 Å². The first kappa shape index (κ1) is 22.5. The fraction of sp³-hybridized carbons (Fsp3) is 0.952. The lowest BCUT2D eigenvalue weighted by Crippen LogP contribution is -2.19. The zero-order valence-corrected chi connectivity index (χ0v) is 16.4. The maximum absolute atomic E-state index is 11.6. The Morgan fingerprint density at radius 3 is 1.48 bits per heavy atom. The highest BCUT2D eigenvalue weighted by Crippen LogP contribution is 2.13. The molecular formula is C21H42O2. The average Bonchev–Trinajstić information content (AvgIpc) is 2.51. The summed E-state index contributed by atoms with van der Waals surface area (Å²) in [5, 5.41) is 0. The number of carbonyl (C=O) groups is 1. The van der Waals surface area contributed by atoms with Gasteiger partial charge in [0, 0.05) is 6.42 Å². The van der Waals surface area contributed by atoms with Crippen LogP contribution >= 0.6 is 0 Å². The van der Waals surface area contributed by atoms with Crippen molar-refractivity contribution in [2.45, 2.75) is 124 Å². The van der Waals surface area contributed by atoms with Crippen LogP contribution in [0.25, 0.3) is 0 Å². The van der Waals surface area contributed by atoms with Crippen LogP contribution in [0.4, 0.5) is 0 Å². The van der Waals surface area contributed by atoms with E-state index in [4.69, 9.17) is 4.74 Å². The van der Waals surface area contributed by atoms with Crippen molar-refractivity contribution in [3.05, 3.63) is 0 Å². The molecule has 0 aromatic rings. The van der Waals surface area contributed by atoms with Gasteiger partial charge in [0.25, 0.3) is 0 Å². The van der Waals surface area contributed by atoms with Gasteiger partial charge >= 0.3 is 5.97 Å². The molecule has 0 saturated carbocycles. The summed E-state index contributed by atoms with van der Waals surface area (Å²) in [5.41, 5.74) is 0. The van der Waals surface area contributed by atoms with Crippen molar-refractivity contribution in [2.24, 2.45) is 5.92 Å². The van der Waals surface area contributed by atoms with E-state index in [2.05, 4.69) is 20.8 Å². The van der Waals surface area contributed by atoms with Crippen molar-refractivity contribution in [1.82, 2.24) is 0 Å². The summed E-state index contributed by atoms with van der Waals surface area (Å²) in [6.07, 6.45) is 18.0. The van der Waals surface area contributed by atoms with E-state index in [0.717, 1.165) is 6.42 Å². The highest BCUT2D eigenvalue weighted by atomic mass is 16.5. The van der Waals surface area contributed by atoms with Crippen LogP contribution in [0.5, 0.6) is 0 Å². The van der Waals surface area contributed by atoms with E-state index in [1.54, 1.807) is 0 Å². The number of hydrogen-bond acceptors (Lipinski definition) is 2. The molecule has 0 N–H and O–H groups in total. The second-order valence-electron chi connectivity index (χ2n) is 7.43. The second-order valence-corrected chi connectivity index (χ2v) is 7.43. The average molecular weight is 327 g/mol. The molecule has 0 aromatic carbocycles. The molecule has 1 unspecified atom stereocenters. The maximum atomic E-state index is 11.6. The molecule has 0 bridgehead atoms. The maximum Gasteiger partial charge on any atom is 0.306 e. The zero-order valence-electron chi connectivity index (χ0n) is 16.4. The van der Waals surface area contributed by atoms with Gasteiger partial charge in [0.2, 0.25) is 0 Å². The molecular weight excluding hydrogens is 284 g/mol. The quantitative estimate of drug-likeness (QED) is 0.224. The molecule has 0 saturated heterocycles. The summed E-state index contributed by atoms with van der Waals surface area (Å²) < 4.78 is 5.38. The van der Waals surface area contributed by atoms with Gasteiger partial charge in [-0.1, -0.05) is 97.8 Å². The minimum absolute atomic E-state index is 0.0192. The van der Waals surface area contributed by atoms with Crippen molar-refractivity contribution in [2.75, 3.05) is 0 Å². The van der Waals surface area contributed by atoms with E-state index in [0.29, 0.717) is 12.3 Å². The molecule has 0 aliphatic heterocycles. The fourth-order valence-corrected chi connectivity index (χ4v) is 2.69. The third kappa shape index (κ3) is 16.1. The van der Waals surface area contributed by atoms with Gasteiger partial charge in [0.1, 0.15) is 6.10 Å². The number of unbranched alkanes of at least 4 members (excludes halogenated alkanes) is 12. The minimum Gasteiger partial charge on any atom is -0.462 e. The Morgan fingerprint density at radius 1 is 0.696 bits per heavy atom. The van der Waals surface area contributed by atoms with E-state index >= 15 is 0 Å². The third-order valence-corrected chi connectivity index (χ3v) is 4.74. The standard InChI is InChI=1S/C21H42O2/c1-5-6-7-8-9-10-11-12-13-14-15-16-17-18-21(22)23-20(4)19(2)3/h19-20H,5-18H2,1-4H3. The molecule has 0 rings (SSSR count). The number of ether oxygens (including phenoxy) is 1. The van der Waals surface area contributed by atoms with Gasteiger partial charge in [-0.3, -0.25) is 4.79 Å². The van der Waals surface area contributed by atoms with Crippen LogP contribution < -0.4 is 0 Å². The summed E-state index contributed by atoms with van der Waals surface area (Å²) in [6, 6.07) is 0. The van der Waals surface area contributed by atoms with Gasteiger partial charge in [0.15, 0.2) is 0 Å². The molecule has 0 heterocycles. The van der Waals surface area contributed by atoms with Gasteiger partial charge in [0.05, 0.1) is 0 Å². The predicted molar refractivity (Wildman–Crippen MR) is 101 cm³/mol. The van der Waals surface area contributed by atoms with Crippen LogP contribution in [0, 0.1) is 5.92 Å². The minimum atomic E-state index is -0.0192. The summed E-state index contributed by atoms with van der Waals surface area (Å²) in [7, 11) is 0. The Hall–Kier alpha value is -0.530. The van der Waals surface area contributed by atoms with Crippen LogP contribution in [0.15, 0.2) is 0 Å². The van der Waals surface area contributed by atoms with Crippen molar-refractivity contribution in [1.29, 1.82) is 0 Å². The fourth-order valence-electron chi connectivity index (χ4n) is 2.69. The summed E-state index contributed by atoms with van der Waals surface area (Å²) in [4.78, 5) is 11.6. The SMILES string of the molecule is CCCCCCCCCCCCCCCC(=O)OC(C)C(C)C. The molecule has 0 spiro atoms. The molecule has 2 nitrogen and oxygen atoms in total. The van der Waals surface area contributed by atoms with Gasteiger partial charge in [-0.15, -0.1) is 0 Å².